The minimum absolute atomic E-state index is 0.103. The van der Waals surface area contributed by atoms with Crippen LogP contribution in [0.2, 0.25) is 0 Å². The molecule has 1 unspecified atom stereocenters. The van der Waals surface area contributed by atoms with Crippen LogP contribution in [-0.4, -0.2) is 52.7 Å². The molecule has 1 amide bonds. The number of nitrogens with one attached hydrogen (secondary N) is 2. The van der Waals surface area contributed by atoms with Gasteiger partial charge in [-0.1, -0.05) is 20.8 Å². The summed E-state index contributed by atoms with van der Waals surface area (Å²) in [4.78, 5) is 18.3. The van der Waals surface area contributed by atoms with Crippen LogP contribution < -0.4 is 5.32 Å². The van der Waals surface area contributed by atoms with Gasteiger partial charge >= 0.3 is 0 Å². The largest absolute Gasteiger partial charge is 0.347 e. The zero-order valence-electron chi connectivity index (χ0n) is 12.7. The fourth-order valence-corrected chi connectivity index (χ4v) is 1.51. The standard InChI is InChI=1S/C13H25N5O/c1-9(7-8-18(5)6)14-11(19)10-15-12(17-16-10)13(2,3)4/h9H,7-8H2,1-6H3,(H,14,19)(H,15,16,17). The normalized spacial score (nSPS) is 13.6. The van der Waals surface area contributed by atoms with Crippen LogP contribution in [0.3, 0.4) is 0 Å². The molecule has 6 nitrogen and oxygen atoms in total. The van der Waals surface area contributed by atoms with Gasteiger partial charge in [0.15, 0.2) is 0 Å². The van der Waals surface area contributed by atoms with E-state index in [4.69, 9.17) is 0 Å². The Balaban J connectivity index is 2.56. The molecule has 19 heavy (non-hydrogen) atoms. The molecule has 0 aliphatic rings. The second kappa shape index (κ2) is 6.14. The number of carbonyl (C=O) groups excluding carboxylic acids is 1. The Kier molecular flexibility index (Phi) is 5.05. The summed E-state index contributed by atoms with van der Waals surface area (Å²) in [7, 11) is 4.03. The molecule has 0 saturated heterocycles. The van der Waals surface area contributed by atoms with E-state index in [1.807, 2.05) is 41.8 Å². The molecule has 6 heteroatoms. The molecule has 0 aliphatic heterocycles. The van der Waals surface area contributed by atoms with E-state index in [9.17, 15) is 4.79 Å². The molecule has 2 N–H and O–H groups in total. The smallest absolute Gasteiger partial charge is 0.291 e. The summed E-state index contributed by atoms with van der Waals surface area (Å²) in [6.07, 6.45) is 0.898. The van der Waals surface area contributed by atoms with Crippen molar-refractivity contribution in [2.45, 2.75) is 45.6 Å². The lowest BCUT2D eigenvalue weighted by atomic mass is 9.96. The highest BCUT2D eigenvalue weighted by Crippen LogP contribution is 2.17. The van der Waals surface area contributed by atoms with Crippen LogP contribution >= 0.6 is 0 Å². The van der Waals surface area contributed by atoms with E-state index in [0.29, 0.717) is 0 Å². The van der Waals surface area contributed by atoms with Crippen molar-refractivity contribution in [3.63, 3.8) is 0 Å². The zero-order chi connectivity index (χ0) is 14.6. The number of hydrogen-bond donors (Lipinski definition) is 2. The lowest BCUT2D eigenvalue weighted by Crippen LogP contribution is -2.35. The quantitative estimate of drug-likeness (QED) is 0.840. The van der Waals surface area contributed by atoms with E-state index in [1.54, 1.807) is 0 Å². The molecular formula is C13H25N5O. The van der Waals surface area contributed by atoms with Gasteiger partial charge in [-0.2, -0.15) is 0 Å². The first kappa shape index (κ1) is 15.6. The van der Waals surface area contributed by atoms with Crippen LogP contribution in [0.4, 0.5) is 0 Å². The Bertz CT molecular complexity index is 419. The van der Waals surface area contributed by atoms with Crippen molar-refractivity contribution < 1.29 is 4.79 Å². The van der Waals surface area contributed by atoms with E-state index in [-0.39, 0.29) is 23.2 Å². The summed E-state index contributed by atoms with van der Waals surface area (Å²) >= 11 is 0. The van der Waals surface area contributed by atoms with Crippen LogP contribution in [-0.2, 0) is 5.41 Å². The SMILES string of the molecule is CC(CCN(C)C)NC(=O)c1n[nH]c(C(C)(C)C)n1. The summed E-state index contributed by atoms with van der Waals surface area (Å²) in [5.41, 5.74) is -0.137. The number of hydrogen-bond acceptors (Lipinski definition) is 4. The Morgan fingerprint density at radius 3 is 2.53 bits per heavy atom. The zero-order valence-corrected chi connectivity index (χ0v) is 12.7. The van der Waals surface area contributed by atoms with Crippen molar-refractivity contribution in [2.24, 2.45) is 0 Å². The number of aromatic amines is 1. The third kappa shape index (κ3) is 4.98. The van der Waals surface area contributed by atoms with Gasteiger partial charge in [-0.3, -0.25) is 9.89 Å². The highest BCUT2D eigenvalue weighted by Gasteiger charge is 2.21. The van der Waals surface area contributed by atoms with Gasteiger partial charge in [0.2, 0.25) is 5.82 Å². The second-order valence-corrected chi connectivity index (χ2v) is 6.22. The van der Waals surface area contributed by atoms with Crippen LogP contribution in [0.15, 0.2) is 0 Å². The van der Waals surface area contributed by atoms with E-state index in [1.165, 1.54) is 0 Å². The molecular weight excluding hydrogens is 242 g/mol. The number of nitrogens with zero attached hydrogens (tertiary/aromatic N) is 3. The number of carbonyl (C=O) groups is 1. The third-order valence-corrected chi connectivity index (χ3v) is 2.79. The van der Waals surface area contributed by atoms with E-state index < -0.39 is 0 Å². The minimum atomic E-state index is -0.224. The monoisotopic (exact) mass is 267 g/mol. The highest BCUT2D eigenvalue weighted by molar-refractivity contribution is 5.90. The maximum Gasteiger partial charge on any atom is 0.291 e. The number of rotatable bonds is 5. The average Bonchev–Trinajstić information content (AvgIpc) is 2.75. The van der Waals surface area contributed by atoms with Gasteiger partial charge in [0, 0.05) is 11.5 Å². The van der Waals surface area contributed by atoms with E-state index >= 15 is 0 Å². The number of aromatic nitrogens is 3. The number of amides is 1. The van der Waals surface area contributed by atoms with Gasteiger partial charge in [-0.25, -0.2) is 4.98 Å². The molecule has 1 aromatic rings. The van der Waals surface area contributed by atoms with Crippen molar-refractivity contribution in [1.82, 2.24) is 25.4 Å². The lowest BCUT2D eigenvalue weighted by molar-refractivity contribution is 0.0926. The molecule has 1 heterocycles. The molecule has 1 rings (SSSR count). The molecule has 1 aromatic heterocycles. The summed E-state index contributed by atoms with van der Waals surface area (Å²) in [5, 5.41) is 9.70. The lowest BCUT2D eigenvalue weighted by Gasteiger charge is -2.15. The molecule has 0 aromatic carbocycles. The fraction of sp³-hybridized carbons (Fsp3) is 0.769. The summed E-state index contributed by atoms with van der Waals surface area (Å²) < 4.78 is 0. The van der Waals surface area contributed by atoms with Gasteiger partial charge in [0.05, 0.1) is 0 Å². The fourth-order valence-electron chi connectivity index (χ4n) is 1.51. The molecule has 108 valence electrons. The van der Waals surface area contributed by atoms with Crippen LogP contribution in [0.5, 0.6) is 0 Å². The van der Waals surface area contributed by atoms with Crippen molar-refractivity contribution in [1.29, 1.82) is 0 Å². The first-order chi connectivity index (χ1) is 8.70. The first-order valence-electron chi connectivity index (χ1n) is 6.58. The molecule has 0 bridgehead atoms. The topological polar surface area (TPSA) is 73.9 Å². The highest BCUT2D eigenvalue weighted by atomic mass is 16.2. The molecule has 0 radical (unpaired) electrons. The number of H-pyrrole nitrogens is 1. The predicted octanol–water partition coefficient (Wildman–Crippen LogP) is 1.17. The maximum atomic E-state index is 12.0. The molecule has 0 aliphatic carbocycles. The van der Waals surface area contributed by atoms with Crippen LogP contribution in [0, 0.1) is 0 Å². The summed E-state index contributed by atoms with van der Waals surface area (Å²) in [6, 6.07) is 0.103. The van der Waals surface area contributed by atoms with Gasteiger partial charge in [-0.05, 0) is 34.0 Å². The van der Waals surface area contributed by atoms with Crippen LogP contribution in [0.1, 0.15) is 50.6 Å². The van der Waals surface area contributed by atoms with Gasteiger partial charge in [0.1, 0.15) is 5.82 Å². The van der Waals surface area contributed by atoms with E-state index in [2.05, 4.69) is 25.4 Å². The minimum Gasteiger partial charge on any atom is -0.347 e. The van der Waals surface area contributed by atoms with E-state index in [0.717, 1.165) is 18.8 Å². The summed E-state index contributed by atoms with van der Waals surface area (Å²) in [5.74, 6) is 0.707. The van der Waals surface area contributed by atoms with Crippen LogP contribution in [0.25, 0.3) is 0 Å². The Morgan fingerprint density at radius 1 is 1.42 bits per heavy atom. The Labute approximate surface area is 115 Å². The van der Waals surface area contributed by atoms with Crippen molar-refractivity contribution in [3.8, 4) is 0 Å². The predicted molar refractivity (Wildman–Crippen MR) is 75.2 cm³/mol. The third-order valence-electron chi connectivity index (χ3n) is 2.79. The van der Waals surface area contributed by atoms with Crippen molar-refractivity contribution >= 4 is 5.91 Å². The summed E-state index contributed by atoms with van der Waals surface area (Å²) in [6.45, 7) is 8.99. The van der Waals surface area contributed by atoms with Gasteiger partial charge < -0.3 is 10.2 Å². The Hall–Kier alpha value is -1.43. The van der Waals surface area contributed by atoms with Crippen molar-refractivity contribution in [2.75, 3.05) is 20.6 Å². The van der Waals surface area contributed by atoms with Gasteiger partial charge in [-0.15, -0.1) is 5.10 Å². The molecule has 0 saturated carbocycles. The average molecular weight is 267 g/mol. The molecule has 0 fully saturated rings. The Morgan fingerprint density at radius 2 is 2.05 bits per heavy atom. The van der Waals surface area contributed by atoms with Gasteiger partial charge in [0.25, 0.3) is 5.91 Å². The molecule has 1 atom stereocenters. The second-order valence-electron chi connectivity index (χ2n) is 6.22. The van der Waals surface area contributed by atoms with Crippen molar-refractivity contribution in [3.05, 3.63) is 11.6 Å². The first-order valence-corrected chi connectivity index (χ1v) is 6.58. The molecule has 0 spiro atoms. The maximum absolute atomic E-state index is 12.0.